The van der Waals surface area contributed by atoms with Crippen LogP contribution in [0.4, 0.5) is 0 Å². The molecule has 5 heterocycles. The third kappa shape index (κ3) is 4.58. The Bertz CT molecular complexity index is 1820. The molecule has 42 heavy (non-hydrogen) atoms. The van der Waals surface area contributed by atoms with Crippen molar-refractivity contribution in [3.05, 3.63) is 86.0 Å². The molecule has 2 atom stereocenters. The summed E-state index contributed by atoms with van der Waals surface area (Å²) in [7, 11) is 1.41. The van der Waals surface area contributed by atoms with E-state index < -0.39 is 0 Å². The summed E-state index contributed by atoms with van der Waals surface area (Å²) in [5.41, 5.74) is 11.9. The van der Waals surface area contributed by atoms with Gasteiger partial charge < -0.3 is 14.8 Å². The Kier molecular flexibility index (Phi) is 7.90. The number of rotatable bonds is 5. The Morgan fingerprint density at radius 1 is 1.12 bits per heavy atom. The van der Waals surface area contributed by atoms with Crippen molar-refractivity contribution in [2.24, 2.45) is 26.8 Å². The van der Waals surface area contributed by atoms with Crippen LogP contribution in [0.25, 0.3) is 17.4 Å². The second-order valence-corrected chi connectivity index (χ2v) is 11.3. The molecule has 2 unspecified atom stereocenters. The standard InChI is InChI=1S/C34H35N4O3.Cu/c1-8-20-16(3)24-13-26-18(5)22(10-11-31(40)41-7)33(37-26)23-12-30(39)32-19(6)27(38-34(23)32)15-29-21(9-2)17(4)25(36-29)14-28(20)35-24;/h8,13-15,18,22H,1,9-12H2,2-7H3,(H-,35,36,37,38,39);/q-1;+2/p-1. The first-order valence-electron chi connectivity index (χ1n) is 14.3. The van der Waals surface area contributed by atoms with Crippen LogP contribution in [-0.2, 0) is 26.6 Å². The molecule has 6 rings (SSSR count). The monoisotopic (exact) mass is 609 g/mol. The zero-order valence-electron chi connectivity index (χ0n) is 24.8. The summed E-state index contributed by atoms with van der Waals surface area (Å²) in [5, 5.41) is 14.8. The molecule has 4 aliphatic heterocycles. The molecule has 5 aliphatic rings. The predicted molar refractivity (Wildman–Crippen MR) is 161 cm³/mol. The van der Waals surface area contributed by atoms with Crippen LogP contribution in [0.2, 0.25) is 0 Å². The van der Waals surface area contributed by atoms with Crippen LogP contribution in [-0.4, -0.2) is 30.2 Å². The predicted octanol–water partition coefficient (Wildman–Crippen LogP) is 3.89. The molecule has 1 radical (unpaired) electrons. The minimum absolute atomic E-state index is 0. The third-order valence-electron chi connectivity index (χ3n) is 9.08. The minimum atomic E-state index is -0.257. The molecule has 1 aliphatic carbocycles. The summed E-state index contributed by atoms with van der Waals surface area (Å²) in [6, 6.07) is 0. The molecule has 1 aromatic heterocycles. The molecule has 0 spiro atoms. The second kappa shape index (κ2) is 11.2. The van der Waals surface area contributed by atoms with E-state index in [9.17, 15) is 9.90 Å². The quantitative estimate of drug-likeness (QED) is 0.373. The van der Waals surface area contributed by atoms with Gasteiger partial charge in [0, 0.05) is 35.2 Å². The number of aromatic nitrogens is 1. The van der Waals surface area contributed by atoms with Crippen LogP contribution in [0.15, 0.2) is 79.2 Å². The van der Waals surface area contributed by atoms with Crippen LogP contribution in [0, 0.1) is 18.8 Å². The first kappa shape index (κ1) is 29.7. The number of methoxy groups -OCH3 is 1. The van der Waals surface area contributed by atoms with Crippen molar-refractivity contribution in [2.75, 3.05) is 7.11 Å². The smallest absolute Gasteiger partial charge is 0.875 e. The van der Waals surface area contributed by atoms with Crippen molar-refractivity contribution in [1.29, 1.82) is 0 Å². The molecule has 0 fully saturated rings. The van der Waals surface area contributed by atoms with Crippen molar-refractivity contribution >= 4 is 40.5 Å². The van der Waals surface area contributed by atoms with E-state index in [2.05, 4.69) is 34.3 Å². The molecular weight excluding hydrogens is 576 g/mol. The number of nitrogens with zero attached hydrogens (tertiary/aromatic N) is 4. The molecule has 219 valence electrons. The van der Waals surface area contributed by atoms with Gasteiger partial charge in [0.1, 0.15) is 0 Å². The van der Waals surface area contributed by atoms with E-state index in [1.54, 1.807) is 0 Å². The fraction of sp³-hybridized carbons (Fsp3) is 0.353. The molecule has 1 aromatic rings. The fourth-order valence-electron chi connectivity index (χ4n) is 6.64. The molecule has 0 saturated carbocycles. The number of carbonyl (C=O) groups is 1. The zero-order valence-corrected chi connectivity index (χ0v) is 25.8. The summed E-state index contributed by atoms with van der Waals surface area (Å²) in [6.45, 7) is 14.4. The molecular formula is C34H34CuN4O3. The summed E-state index contributed by atoms with van der Waals surface area (Å²) >= 11 is 0. The molecule has 0 aromatic carbocycles. The third-order valence-corrected chi connectivity index (χ3v) is 9.08. The number of aliphatic imine (C=N–C) groups is 3. The first-order chi connectivity index (χ1) is 19.7. The minimum Gasteiger partial charge on any atom is -0.875 e. The van der Waals surface area contributed by atoms with E-state index in [1.165, 1.54) is 7.11 Å². The number of carbonyl (C=O) groups excluding carboxylic acids is 1. The normalized spacial score (nSPS) is 22.4. The van der Waals surface area contributed by atoms with Crippen molar-refractivity contribution in [1.82, 2.24) is 4.98 Å². The summed E-state index contributed by atoms with van der Waals surface area (Å²) in [6.07, 6.45) is 9.87. The molecule has 0 saturated heterocycles. The number of allylic oxidation sites excluding steroid dienone is 7. The van der Waals surface area contributed by atoms with Crippen LogP contribution in [0.3, 0.4) is 0 Å². The zero-order chi connectivity index (χ0) is 29.2. The van der Waals surface area contributed by atoms with E-state index in [0.29, 0.717) is 17.0 Å². The van der Waals surface area contributed by atoms with Gasteiger partial charge >= 0.3 is 23.0 Å². The molecule has 8 bridgehead atoms. The molecule has 0 N–H and O–H groups in total. The van der Waals surface area contributed by atoms with E-state index in [0.717, 1.165) is 79.8 Å². The fourth-order valence-corrected chi connectivity index (χ4v) is 6.64. The van der Waals surface area contributed by atoms with Gasteiger partial charge in [0.15, 0.2) is 0 Å². The van der Waals surface area contributed by atoms with Crippen molar-refractivity contribution in [2.45, 2.75) is 60.3 Å². The Morgan fingerprint density at radius 2 is 1.83 bits per heavy atom. The van der Waals surface area contributed by atoms with Gasteiger partial charge in [0.25, 0.3) is 0 Å². The van der Waals surface area contributed by atoms with Gasteiger partial charge in [-0.2, -0.15) is 0 Å². The largest absolute Gasteiger partial charge is 2.00 e. The number of hydrogen-bond donors (Lipinski definition) is 0. The van der Waals surface area contributed by atoms with Crippen molar-refractivity contribution in [3.8, 4) is 0 Å². The number of fused-ring (bicyclic) bond motifs is 5. The van der Waals surface area contributed by atoms with Crippen LogP contribution in [0.5, 0.6) is 0 Å². The number of esters is 1. The van der Waals surface area contributed by atoms with Crippen molar-refractivity contribution < 1.29 is 31.7 Å². The van der Waals surface area contributed by atoms with Gasteiger partial charge in [-0.05, 0) is 79.7 Å². The van der Waals surface area contributed by atoms with E-state index >= 15 is 0 Å². The summed E-state index contributed by atoms with van der Waals surface area (Å²) in [5.74, 6) is -0.233. The Balaban J connectivity index is 0.00000353. The maximum atomic E-state index is 13.4. The average Bonchev–Trinajstić information content (AvgIpc) is 3.70. The number of ether oxygens (including phenoxy) is 1. The van der Waals surface area contributed by atoms with Gasteiger partial charge in [-0.3, -0.25) is 9.79 Å². The SMILES string of the molecule is C=CC1=C(C)C2=NC1=CC1=NC(=Cc3[n-]c4c(c3C)=C([O-])CC=4C3=NC(=C2)C(C)C3CCC(=O)OC)C(CC)=C1C.[Cu+2]. The summed E-state index contributed by atoms with van der Waals surface area (Å²) < 4.78 is 4.95. The van der Waals surface area contributed by atoms with E-state index in [4.69, 9.17) is 24.7 Å². The topological polar surface area (TPSA) is 101 Å². The summed E-state index contributed by atoms with van der Waals surface area (Å²) in [4.78, 5) is 32.4. The van der Waals surface area contributed by atoms with Gasteiger partial charge in [0.2, 0.25) is 0 Å². The van der Waals surface area contributed by atoms with E-state index in [1.807, 2.05) is 31.2 Å². The van der Waals surface area contributed by atoms with Crippen LogP contribution >= 0.6 is 0 Å². The molecule has 7 nitrogen and oxygen atoms in total. The number of hydrogen-bond acceptors (Lipinski definition) is 6. The average molecular weight is 610 g/mol. The maximum Gasteiger partial charge on any atom is 2.00 e. The maximum absolute atomic E-state index is 13.4. The Morgan fingerprint density at radius 3 is 2.52 bits per heavy atom. The van der Waals surface area contributed by atoms with Crippen LogP contribution in [0.1, 0.15) is 64.6 Å². The molecule has 0 amide bonds. The Labute approximate surface area is 256 Å². The van der Waals surface area contributed by atoms with Crippen LogP contribution < -0.4 is 20.7 Å². The molecule has 8 heteroatoms. The van der Waals surface area contributed by atoms with Crippen molar-refractivity contribution in [3.63, 3.8) is 0 Å². The first-order valence-corrected chi connectivity index (χ1v) is 14.3. The van der Waals surface area contributed by atoms with Gasteiger partial charge in [0.05, 0.1) is 29.9 Å². The van der Waals surface area contributed by atoms with E-state index in [-0.39, 0.29) is 53.5 Å². The van der Waals surface area contributed by atoms with Gasteiger partial charge in [-0.25, -0.2) is 9.98 Å². The van der Waals surface area contributed by atoms with Gasteiger partial charge in [-0.1, -0.05) is 38.1 Å². The second-order valence-electron chi connectivity index (χ2n) is 11.3. The Hall–Kier alpha value is -3.74. The van der Waals surface area contributed by atoms with Gasteiger partial charge in [-0.15, -0.1) is 16.8 Å².